The van der Waals surface area contributed by atoms with Crippen LogP contribution < -0.4 is 5.32 Å². The maximum atomic E-state index is 13.3. The van der Waals surface area contributed by atoms with Gasteiger partial charge in [0.25, 0.3) is 11.9 Å². The van der Waals surface area contributed by atoms with E-state index in [0.29, 0.717) is 16.5 Å². The van der Waals surface area contributed by atoms with Crippen LogP contribution in [-0.2, 0) is 0 Å². The Morgan fingerprint density at radius 3 is 2.58 bits per heavy atom. The van der Waals surface area contributed by atoms with Crippen LogP contribution >= 0.6 is 0 Å². The fraction of sp³-hybridized carbons (Fsp3) is 0.0385. The van der Waals surface area contributed by atoms with Crippen molar-refractivity contribution in [2.24, 2.45) is 10.2 Å². The predicted octanol–water partition coefficient (Wildman–Crippen LogP) is 5.37. The van der Waals surface area contributed by atoms with E-state index in [9.17, 15) is 15.2 Å². The van der Waals surface area contributed by atoms with Crippen molar-refractivity contribution in [2.45, 2.75) is 6.92 Å². The first-order valence-corrected chi connectivity index (χ1v) is 10.9. The number of nitrogens with one attached hydrogen (secondary N) is 1. The van der Waals surface area contributed by atoms with Crippen LogP contribution in [0.4, 0.5) is 17.2 Å². The first-order valence-electron chi connectivity index (χ1n) is 10.9. The summed E-state index contributed by atoms with van der Waals surface area (Å²) in [4.78, 5) is 21.6. The summed E-state index contributed by atoms with van der Waals surface area (Å²) in [5.74, 6) is -0.546. The highest BCUT2D eigenvalue weighted by Crippen LogP contribution is 2.38. The Labute approximate surface area is 205 Å². The van der Waals surface area contributed by atoms with Crippen LogP contribution in [0.15, 0.2) is 89.5 Å². The third-order valence-electron chi connectivity index (χ3n) is 5.48. The second-order valence-electron chi connectivity index (χ2n) is 7.76. The minimum absolute atomic E-state index is 0.0502. The molecular weight excluding hydrogens is 456 g/mol. The van der Waals surface area contributed by atoms with E-state index in [1.54, 1.807) is 36.4 Å². The van der Waals surface area contributed by atoms with Crippen LogP contribution in [0.1, 0.15) is 21.5 Å². The van der Waals surface area contributed by atoms with Gasteiger partial charge in [0.1, 0.15) is 17.3 Å². The van der Waals surface area contributed by atoms with Crippen molar-refractivity contribution < 1.29 is 9.90 Å². The highest BCUT2D eigenvalue weighted by atomic mass is 16.3. The molecule has 2 aromatic heterocycles. The Hall–Kier alpha value is -5.43. The van der Waals surface area contributed by atoms with Crippen molar-refractivity contribution in [1.29, 1.82) is 5.26 Å². The fourth-order valence-corrected chi connectivity index (χ4v) is 3.69. The summed E-state index contributed by atoms with van der Waals surface area (Å²) >= 11 is 0. The van der Waals surface area contributed by atoms with Gasteiger partial charge in [-0.1, -0.05) is 42.5 Å². The van der Waals surface area contributed by atoms with E-state index < -0.39 is 5.91 Å². The number of fused-ring (bicyclic) bond motifs is 1. The molecule has 0 unspecified atom stereocenters. The number of carbonyl (C=O) groups is 1. The summed E-state index contributed by atoms with van der Waals surface area (Å²) < 4.78 is 1.27. The average molecular weight is 474 g/mol. The Morgan fingerprint density at radius 1 is 1.06 bits per heavy atom. The van der Waals surface area contributed by atoms with Gasteiger partial charge in [0, 0.05) is 18.1 Å². The number of aromatic hydroxyl groups is 1. The van der Waals surface area contributed by atoms with Crippen molar-refractivity contribution in [3.63, 3.8) is 0 Å². The summed E-state index contributed by atoms with van der Waals surface area (Å²) in [6.07, 6.45) is 4.39. The zero-order valence-corrected chi connectivity index (χ0v) is 19.0. The second-order valence-corrected chi connectivity index (χ2v) is 7.76. The number of phenolic OH excluding ortho intramolecular Hbond substituents is 1. The van der Waals surface area contributed by atoms with E-state index in [0.717, 1.165) is 5.56 Å². The zero-order chi connectivity index (χ0) is 25.1. The Balaban J connectivity index is 1.60. The number of carbonyl (C=O) groups excluding carboxylic acids is 1. The molecule has 5 rings (SSSR count). The number of rotatable bonds is 5. The molecule has 0 radical (unpaired) electrons. The second kappa shape index (κ2) is 9.44. The number of phenols is 1. The lowest BCUT2D eigenvalue weighted by molar-refractivity contribution is 0.102. The summed E-state index contributed by atoms with van der Waals surface area (Å²) in [5, 5.41) is 37.2. The highest BCUT2D eigenvalue weighted by Gasteiger charge is 2.21. The van der Waals surface area contributed by atoms with Crippen LogP contribution in [0, 0.1) is 18.3 Å². The largest absolute Gasteiger partial charge is 0.505 e. The zero-order valence-electron chi connectivity index (χ0n) is 19.0. The molecular formula is C26H18N8O2. The lowest BCUT2D eigenvalue weighted by Crippen LogP contribution is -2.13. The molecule has 36 heavy (non-hydrogen) atoms. The number of aryl methyl sites for hydroxylation is 1. The molecule has 2 heterocycles. The number of nitriles is 1. The minimum Gasteiger partial charge on any atom is -0.505 e. The van der Waals surface area contributed by atoms with Crippen molar-refractivity contribution in [2.75, 3.05) is 5.32 Å². The molecule has 0 atom stereocenters. The molecule has 10 heteroatoms. The molecule has 0 saturated heterocycles. The quantitative estimate of drug-likeness (QED) is 0.328. The third kappa shape index (κ3) is 4.12. The topological polar surface area (TPSA) is 141 Å². The molecule has 0 fully saturated rings. The molecule has 0 aliphatic rings. The molecule has 0 saturated carbocycles. The molecule has 1 amide bonds. The maximum Gasteiger partial charge on any atom is 0.260 e. The average Bonchev–Trinajstić information content (AvgIpc) is 3.32. The number of para-hydroxylation sites is 1. The minimum atomic E-state index is -0.490. The number of aromatic nitrogens is 4. The van der Waals surface area contributed by atoms with Crippen molar-refractivity contribution in [3.05, 3.63) is 95.9 Å². The maximum absolute atomic E-state index is 13.3. The molecule has 0 bridgehead atoms. The van der Waals surface area contributed by atoms with Gasteiger partial charge in [0.15, 0.2) is 11.6 Å². The Kier molecular flexibility index (Phi) is 5.86. The van der Waals surface area contributed by atoms with Gasteiger partial charge in [0.2, 0.25) is 0 Å². The van der Waals surface area contributed by atoms with Gasteiger partial charge in [-0.15, -0.1) is 10.2 Å². The number of amides is 1. The monoisotopic (exact) mass is 474 g/mol. The first-order chi connectivity index (χ1) is 17.6. The standard InChI is InChI=1S/C26H18N8O2/c1-16-7-2-5-10-20(16)31-25(36)22-19-9-4-3-8-17(19)13-21(23(22)35)32-33-24-18(14-27)15-30-34(24)26-28-11-6-12-29-26/h2-13,15,35H,1H3,(H,31,36)/b33-32+. The molecule has 174 valence electrons. The van der Waals surface area contributed by atoms with E-state index in [2.05, 4.69) is 30.6 Å². The number of benzene rings is 3. The summed E-state index contributed by atoms with van der Waals surface area (Å²) in [5.41, 5.74) is 1.76. The van der Waals surface area contributed by atoms with E-state index in [4.69, 9.17) is 0 Å². The van der Waals surface area contributed by atoms with Crippen molar-refractivity contribution >= 4 is 33.9 Å². The summed E-state index contributed by atoms with van der Waals surface area (Å²) in [6, 6.07) is 19.8. The van der Waals surface area contributed by atoms with Gasteiger partial charge in [-0.05, 0) is 41.5 Å². The number of hydrogen-bond donors (Lipinski definition) is 2. The Bertz CT molecular complexity index is 1670. The highest BCUT2D eigenvalue weighted by molar-refractivity contribution is 6.16. The lowest BCUT2D eigenvalue weighted by Gasteiger charge is -2.13. The fourth-order valence-electron chi connectivity index (χ4n) is 3.69. The summed E-state index contributed by atoms with van der Waals surface area (Å²) in [6.45, 7) is 1.88. The molecule has 0 aliphatic heterocycles. The van der Waals surface area contributed by atoms with Crippen molar-refractivity contribution in [1.82, 2.24) is 19.7 Å². The smallest absolute Gasteiger partial charge is 0.260 e. The number of anilines is 1. The van der Waals surface area contributed by atoms with Crippen LogP contribution in [0.2, 0.25) is 0 Å². The van der Waals surface area contributed by atoms with Gasteiger partial charge in [-0.25, -0.2) is 9.97 Å². The van der Waals surface area contributed by atoms with Crippen LogP contribution in [0.3, 0.4) is 0 Å². The van der Waals surface area contributed by atoms with Gasteiger partial charge < -0.3 is 10.4 Å². The van der Waals surface area contributed by atoms with Crippen molar-refractivity contribution in [3.8, 4) is 17.8 Å². The van der Waals surface area contributed by atoms with Crippen LogP contribution in [-0.4, -0.2) is 30.8 Å². The lowest BCUT2D eigenvalue weighted by atomic mass is 10.0. The molecule has 0 spiro atoms. The van der Waals surface area contributed by atoms with Crippen LogP contribution in [0.25, 0.3) is 16.7 Å². The molecule has 5 aromatic rings. The van der Waals surface area contributed by atoms with E-state index in [-0.39, 0.29) is 34.3 Å². The van der Waals surface area contributed by atoms with Crippen LogP contribution in [0.5, 0.6) is 5.75 Å². The van der Waals surface area contributed by atoms with E-state index in [1.165, 1.54) is 23.3 Å². The van der Waals surface area contributed by atoms with E-state index in [1.807, 2.05) is 37.3 Å². The number of nitrogens with zero attached hydrogens (tertiary/aromatic N) is 7. The molecule has 3 aromatic carbocycles. The summed E-state index contributed by atoms with van der Waals surface area (Å²) in [7, 11) is 0. The van der Waals surface area contributed by atoms with Gasteiger partial charge in [-0.2, -0.15) is 15.0 Å². The first kappa shape index (κ1) is 22.4. The molecule has 10 nitrogen and oxygen atoms in total. The van der Waals surface area contributed by atoms with Gasteiger partial charge in [-0.3, -0.25) is 4.79 Å². The van der Waals surface area contributed by atoms with Gasteiger partial charge in [0.05, 0.1) is 11.8 Å². The third-order valence-corrected chi connectivity index (χ3v) is 5.48. The molecule has 2 N–H and O–H groups in total. The Morgan fingerprint density at radius 2 is 1.81 bits per heavy atom. The van der Waals surface area contributed by atoms with Gasteiger partial charge >= 0.3 is 0 Å². The molecule has 0 aliphatic carbocycles. The van der Waals surface area contributed by atoms with E-state index >= 15 is 0 Å². The number of azo groups is 1. The normalized spacial score (nSPS) is 11.0. The number of hydrogen-bond acceptors (Lipinski definition) is 8. The predicted molar refractivity (Wildman–Crippen MR) is 133 cm³/mol. The SMILES string of the molecule is Cc1ccccc1NC(=O)c1c(O)c(/N=N/c2c(C#N)cnn2-c2ncccn2)cc2ccccc12.